The number of aromatic nitrogens is 2. The van der Waals surface area contributed by atoms with Crippen LogP contribution in [0.1, 0.15) is 11.3 Å². The number of benzene rings is 2. The summed E-state index contributed by atoms with van der Waals surface area (Å²) in [6.45, 7) is 0. The lowest BCUT2D eigenvalue weighted by atomic mass is 9.88. The Morgan fingerprint density at radius 1 is 0.600 bits per heavy atom. The molecular formula is C16H10N4. The van der Waals surface area contributed by atoms with Crippen molar-refractivity contribution in [2.24, 2.45) is 0 Å². The Morgan fingerprint density at radius 3 is 1.85 bits per heavy atom. The molecule has 0 saturated carbocycles. The zero-order chi connectivity index (χ0) is 13.7. The van der Waals surface area contributed by atoms with Crippen molar-refractivity contribution >= 4 is 22.5 Å². The summed E-state index contributed by atoms with van der Waals surface area (Å²) in [5.41, 5.74) is 4.71. The fourth-order valence-electron chi connectivity index (χ4n) is 2.52. The first-order valence-electron chi connectivity index (χ1n) is 6.30. The third-order valence-corrected chi connectivity index (χ3v) is 3.51. The first-order valence-corrected chi connectivity index (χ1v) is 6.30. The van der Waals surface area contributed by atoms with Gasteiger partial charge in [-0.3, -0.25) is 10.8 Å². The monoisotopic (exact) mass is 258 g/mol. The minimum Gasteiger partial charge on any atom is -0.298 e. The molecule has 0 bridgehead atoms. The molecule has 4 nitrogen and oxygen atoms in total. The SMILES string of the molecule is N=C1C(=N)c2nc3ccccc3nc2-c2ccccc21. The van der Waals surface area contributed by atoms with Crippen molar-refractivity contribution in [1.82, 2.24) is 9.97 Å². The van der Waals surface area contributed by atoms with Crippen LogP contribution in [0.25, 0.3) is 22.3 Å². The van der Waals surface area contributed by atoms with Gasteiger partial charge in [-0.1, -0.05) is 36.4 Å². The van der Waals surface area contributed by atoms with E-state index < -0.39 is 0 Å². The van der Waals surface area contributed by atoms with Gasteiger partial charge in [-0.2, -0.15) is 0 Å². The molecule has 0 aliphatic heterocycles. The lowest BCUT2D eigenvalue weighted by molar-refractivity contribution is 1.24. The predicted molar refractivity (Wildman–Crippen MR) is 78.6 cm³/mol. The molecule has 0 saturated heterocycles. The Labute approximate surface area is 115 Å². The Hall–Kier alpha value is -2.88. The van der Waals surface area contributed by atoms with Crippen molar-refractivity contribution < 1.29 is 0 Å². The molecule has 0 fully saturated rings. The summed E-state index contributed by atoms with van der Waals surface area (Å²) >= 11 is 0. The summed E-state index contributed by atoms with van der Waals surface area (Å²) < 4.78 is 0. The maximum absolute atomic E-state index is 8.16. The largest absolute Gasteiger partial charge is 0.298 e. The lowest BCUT2D eigenvalue weighted by Crippen LogP contribution is -2.23. The van der Waals surface area contributed by atoms with Gasteiger partial charge in [-0.05, 0) is 12.1 Å². The van der Waals surface area contributed by atoms with Crippen molar-refractivity contribution in [1.29, 1.82) is 10.8 Å². The number of hydrogen-bond acceptors (Lipinski definition) is 4. The average Bonchev–Trinajstić information content (AvgIpc) is 2.51. The van der Waals surface area contributed by atoms with Gasteiger partial charge in [0.1, 0.15) is 11.4 Å². The van der Waals surface area contributed by atoms with Crippen LogP contribution in [-0.4, -0.2) is 21.4 Å². The summed E-state index contributed by atoms with van der Waals surface area (Å²) in [5.74, 6) is 0. The molecule has 1 heterocycles. The molecule has 0 spiro atoms. The molecule has 3 aromatic rings. The molecule has 1 aromatic heterocycles. The standard InChI is InChI=1S/C16H10N4/c17-13-9-5-1-2-6-10(9)15-16(14(13)18)20-12-8-4-3-7-11(12)19-15/h1-8,17-18H. The summed E-state index contributed by atoms with van der Waals surface area (Å²) in [7, 11) is 0. The van der Waals surface area contributed by atoms with Crippen LogP contribution < -0.4 is 0 Å². The van der Waals surface area contributed by atoms with Gasteiger partial charge in [0.05, 0.1) is 22.4 Å². The fourth-order valence-corrected chi connectivity index (χ4v) is 2.52. The van der Waals surface area contributed by atoms with E-state index in [0.717, 1.165) is 22.2 Å². The normalized spacial score (nSPS) is 13.2. The lowest BCUT2D eigenvalue weighted by Gasteiger charge is -2.19. The number of rotatable bonds is 0. The smallest absolute Gasteiger partial charge is 0.117 e. The molecule has 0 unspecified atom stereocenters. The van der Waals surface area contributed by atoms with Crippen LogP contribution in [0.5, 0.6) is 0 Å². The molecule has 0 radical (unpaired) electrons. The average molecular weight is 258 g/mol. The highest BCUT2D eigenvalue weighted by atomic mass is 14.9. The van der Waals surface area contributed by atoms with Crippen LogP contribution in [0.3, 0.4) is 0 Å². The van der Waals surface area contributed by atoms with Crippen LogP contribution in [0.15, 0.2) is 48.5 Å². The van der Waals surface area contributed by atoms with Crippen molar-refractivity contribution in [2.45, 2.75) is 0 Å². The topological polar surface area (TPSA) is 73.5 Å². The van der Waals surface area contributed by atoms with Crippen molar-refractivity contribution in [3.05, 3.63) is 59.8 Å². The van der Waals surface area contributed by atoms with E-state index in [0.29, 0.717) is 11.4 Å². The van der Waals surface area contributed by atoms with Gasteiger partial charge in [0.25, 0.3) is 0 Å². The second-order valence-corrected chi connectivity index (χ2v) is 4.71. The van der Waals surface area contributed by atoms with Gasteiger partial charge < -0.3 is 0 Å². The van der Waals surface area contributed by atoms with Crippen LogP contribution in [0.4, 0.5) is 0 Å². The number of nitrogens with zero attached hydrogens (tertiary/aromatic N) is 2. The number of hydrogen-bond donors (Lipinski definition) is 2. The van der Waals surface area contributed by atoms with E-state index in [1.165, 1.54) is 0 Å². The van der Waals surface area contributed by atoms with Gasteiger partial charge in [-0.15, -0.1) is 0 Å². The van der Waals surface area contributed by atoms with Gasteiger partial charge in [0, 0.05) is 11.1 Å². The van der Waals surface area contributed by atoms with Crippen molar-refractivity contribution in [2.75, 3.05) is 0 Å². The van der Waals surface area contributed by atoms with E-state index in [9.17, 15) is 0 Å². The first kappa shape index (κ1) is 11.0. The third-order valence-electron chi connectivity index (χ3n) is 3.51. The van der Waals surface area contributed by atoms with Gasteiger partial charge in [0.15, 0.2) is 0 Å². The summed E-state index contributed by atoms with van der Waals surface area (Å²) in [5, 5.41) is 16.3. The molecule has 0 atom stereocenters. The minimum absolute atomic E-state index is 0.136. The molecule has 94 valence electrons. The van der Waals surface area contributed by atoms with Gasteiger partial charge in [-0.25, -0.2) is 9.97 Å². The van der Waals surface area contributed by atoms with Crippen LogP contribution >= 0.6 is 0 Å². The second-order valence-electron chi connectivity index (χ2n) is 4.71. The molecule has 1 aliphatic rings. The molecule has 0 amide bonds. The molecule has 4 heteroatoms. The van der Waals surface area contributed by atoms with Crippen LogP contribution in [-0.2, 0) is 0 Å². The number of nitrogens with one attached hydrogen (secondary N) is 2. The van der Waals surface area contributed by atoms with Crippen LogP contribution in [0, 0.1) is 10.8 Å². The molecular weight excluding hydrogens is 248 g/mol. The van der Waals surface area contributed by atoms with E-state index in [1.54, 1.807) is 0 Å². The van der Waals surface area contributed by atoms with Crippen molar-refractivity contribution in [3.63, 3.8) is 0 Å². The highest BCUT2D eigenvalue weighted by molar-refractivity contribution is 6.54. The van der Waals surface area contributed by atoms with E-state index >= 15 is 0 Å². The van der Waals surface area contributed by atoms with E-state index in [2.05, 4.69) is 9.97 Å². The van der Waals surface area contributed by atoms with E-state index in [1.807, 2.05) is 48.5 Å². The molecule has 2 aromatic carbocycles. The number of para-hydroxylation sites is 2. The van der Waals surface area contributed by atoms with E-state index in [4.69, 9.17) is 10.8 Å². The zero-order valence-corrected chi connectivity index (χ0v) is 10.5. The van der Waals surface area contributed by atoms with Crippen molar-refractivity contribution in [3.8, 4) is 11.3 Å². The zero-order valence-electron chi connectivity index (χ0n) is 10.5. The Balaban J connectivity index is 2.15. The fraction of sp³-hybridized carbons (Fsp3) is 0. The summed E-state index contributed by atoms with van der Waals surface area (Å²) in [4.78, 5) is 9.16. The second kappa shape index (κ2) is 3.81. The Kier molecular flexibility index (Phi) is 2.09. The number of fused-ring (bicyclic) bond motifs is 4. The molecule has 1 aliphatic carbocycles. The Morgan fingerprint density at radius 2 is 1.15 bits per heavy atom. The van der Waals surface area contributed by atoms with Gasteiger partial charge in [0.2, 0.25) is 0 Å². The third kappa shape index (κ3) is 1.36. The van der Waals surface area contributed by atoms with Crippen LogP contribution in [0.2, 0.25) is 0 Å². The highest BCUT2D eigenvalue weighted by Crippen LogP contribution is 2.31. The van der Waals surface area contributed by atoms with Gasteiger partial charge >= 0.3 is 0 Å². The quantitative estimate of drug-likeness (QED) is 0.650. The highest BCUT2D eigenvalue weighted by Gasteiger charge is 2.27. The molecule has 2 N–H and O–H groups in total. The maximum atomic E-state index is 8.16. The predicted octanol–water partition coefficient (Wildman–Crippen LogP) is 3.05. The maximum Gasteiger partial charge on any atom is 0.117 e. The molecule has 20 heavy (non-hydrogen) atoms. The summed E-state index contributed by atoms with van der Waals surface area (Å²) in [6.07, 6.45) is 0. The summed E-state index contributed by atoms with van der Waals surface area (Å²) in [6, 6.07) is 15.2. The van der Waals surface area contributed by atoms with E-state index in [-0.39, 0.29) is 11.4 Å². The molecule has 4 rings (SSSR count). The Bertz CT molecular complexity index is 896. The minimum atomic E-state index is 0.136. The first-order chi connectivity index (χ1) is 9.75.